The summed E-state index contributed by atoms with van der Waals surface area (Å²) >= 11 is 0. The normalized spacial score (nSPS) is 18.9. The number of nitrogens with one attached hydrogen (secondary N) is 1. The molecule has 1 aromatic heterocycles. The van der Waals surface area contributed by atoms with Gasteiger partial charge in [0.2, 0.25) is 0 Å². The van der Waals surface area contributed by atoms with Gasteiger partial charge in [-0.1, -0.05) is 6.92 Å². The maximum atomic E-state index is 12.5. The zero-order valence-electron chi connectivity index (χ0n) is 11.8. The second-order valence-corrected chi connectivity index (χ2v) is 4.95. The molecule has 0 spiro atoms. The van der Waals surface area contributed by atoms with Crippen LogP contribution in [0.5, 0.6) is 0 Å². The minimum absolute atomic E-state index is 0.0230. The Morgan fingerprint density at radius 1 is 1.65 bits per heavy atom. The van der Waals surface area contributed by atoms with Crippen molar-refractivity contribution in [3.8, 4) is 0 Å². The lowest BCUT2D eigenvalue weighted by Gasteiger charge is -2.33. The molecule has 0 saturated carbocycles. The lowest BCUT2D eigenvalue weighted by molar-refractivity contribution is 0.00214. The Labute approximate surface area is 119 Å². The van der Waals surface area contributed by atoms with Crippen LogP contribution < -0.4 is 11.3 Å². The average molecular weight is 278 g/mol. The van der Waals surface area contributed by atoms with E-state index in [4.69, 9.17) is 10.6 Å². The molecule has 2 heterocycles. The summed E-state index contributed by atoms with van der Waals surface area (Å²) in [5.41, 5.74) is 3.62. The van der Waals surface area contributed by atoms with E-state index in [0.29, 0.717) is 17.8 Å². The fourth-order valence-electron chi connectivity index (χ4n) is 2.41. The van der Waals surface area contributed by atoms with E-state index in [9.17, 15) is 4.79 Å². The minimum Gasteiger partial charge on any atom is -0.376 e. The van der Waals surface area contributed by atoms with Gasteiger partial charge in [0.25, 0.3) is 5.91 Å². The van der Waals surface area contributed by atoms with Crippen LogP contribution in [0.2, 0.25) is 0 Å². The molecular weight excluding hydrogens is 256 g/mol. The lowest BCUT2D eigenvalue weighted by atomic mass is 10.1. The molecule has 0 aromatic carbocycles. The number of carbonyl (C=O) groups excluding carboxylic acids is 1. The summed E-state index contributed by atoms with van der Waals surface area (Å²) in [4.78, 5) is 18.3. The van der Waals surface area contributed by atoms with E-state index in [-0.39, 0.29) is 12.0 Å². The number of amides is 1. The van der Waals surface area contributed by atoms with Gasteiger partial charge >= 0.3 is 0 Å². The van der Waals surface area contributed by atoms with Gasteiger partial charge in [0, 0.05) is 25.9 Å². The van der Waals surface area contributed by atoms with Crippen LogP contribution in [0, 0.1) is 0 Å². The number of nitrogens with two attached hydrogens (primary N) is 1. The summed E-state index contributed by atoms with van der Waals surface area (Å²) in [6.45, 7) is 4.24. The zero-order valence-corrected chi connectivity index (χ0v) is 11.8. The summed E-state index contributed by atoms with van der Waals surface area (Å²) in [6, 6.07) is 1.69. The smallest absolute Gasteiger partial charge is 0.256 e. The third kappa shape index (κ3) is 3.46. The molecule has 3 N–H and O–H groups in total. The molecule has 1 saturated heterocycles. The monoisotopic (exact) mass is 278 g/mol. The van der Waals surface area contributed by atoms with Crippen LogP contribution >= 0.6 is 0 Å². The van der Waals surface area contributed by atoms with Gasteiger partial charge in [0.1, 0.15) is 0 Å². The van der Waals surface area contributed by atoms with Crippen molar-refractivity contribution in [3.05, 3.63) is 24.0 Å². The molecule has 1 aliphatic rings. The highest BCUT2D eigenvalue weighted by molar-refractivity contribution is 5.99. The molecule has 6 heteroatoms. The molecule has 1 aliphatic heterocycles. The topological polar surface area (TPSA) is 80.5 Å². The molecule has 1 aromatic rings. The number of aromatic nitrogens is 1. The van der Waals surface area contributed by atoms with Crippen molar-refractivity contribution in [1.82, 2.24) is 9.88 Å². The van der Waals surface area contributed by atoms with Crippen molar-refractivity contribution in [3.63, 3.8) is 0 Å². The highest BCUT2D eigenvalue weighted by Gasteiger charge is 2.26. The van der Waals surface area contributed by atoms with Crippen LogP contribution in [-0.2, 0) is 4.74 Å². The van der Waals surface area contributed by atoms with Crippen LogP contribution in [0.1, 0.15) is 36.5 Å². The molecule has 0 radical (unpaired) electrons. The number of hydrogen-bond donors (Lipinski definition) is 2. The van der Waals surface area contributed by atoms with Gasteiger partial charge in [0.05, 0.1) is 23.6 Å². The Morgan fingerprint density at radius 2 is 2.50 bits per heavy atom. The van der Waals surface area contributed by atoms with Gasteiger partial charge in [-0.3, -0.25) is 15.6 Å². The second-order valence-electron chi connectivity index (χ2n) is 4.95. The van der Waals surface area contributed by atoms with E-state index in [2.05, 4.69) is 17.3 Å². The number of rotatable bonds is 5. The summed E-state index contributed by atoms with van der Waals surface area (Å²) < 4.78 is 5.76. The Balaban J connectivity index is 2.04. The first-order valence-corrected chi connectivity index (χ1v) is 7.07. The molecule has 0 aliphatic carbocycles. The predicted molar refractivity (Wildman–Crippen MR) is 77.2 cm³/mol. The van der Waals surface area contributed by atoms with Gasteiger partial charge in [-0.25, -0.2) is 0 Å². The van der Waals surface area contributed by atoms with E-state index >= 15 is 0 Å². The third-order valence-corrected chi connectivity index (χ3v) is 3.43. The molecule has 1 atom stereocenters. The quantitative estimate of drug-likeness (QED) is 0.628. The third-order valence-electron chi connectivity index (χ3n) is 3.43. The van der Waals surface area contributed by atoms with Crippen LogP contribution in [0.15, 0.2) is 18.5 Å². The Morgan fingerprint density at radius 3 is 3.25 bits per heavy atom. The van der Waals surface area contributed by atoms with Gasteiger partial charge < -0.3 is 15.1 Å². The van der Waals surface area contributed by atoms with E-state index in [1.165, 1.54) is 0 Å². The minimum atomic E-state index is -0.0230. The maximum Gasteiger partial charge on any atom is 0.256 e. The summed E-state index contributed by atoms with van der Waals surface area (Å²) in [5, 5.41) is 0. The van der Waals surface area contributed by atoms with Crippen molar-refractivity contribution in [2.75, 3.05) is 25.1 Å². The van der Waals surface area contributed by atoms with Gasteiger partial charge in [-0.2, -0.15) is 0 Å². The number of likely N-dealkylation sites (tertiary alicyclic amines) is 1. The SMILES string of the molecule is CCCOC1CCCN(C(=O)c2ccncc2NN)C1. The van der Waals surface area contributed by atoms with Crippen molar-refractivity contribution in [2.24, 2.45) is 5.84 Å². The van der Waals surface area contributed by atoms with Crippen LogP contribution in [0.4, 0.5) is 5.69 Å². The molecule has 1 unspecified atom stereocenters. The molecular formula is C14H22N4O2. The highest BCUT2D eigenvalue weighted by atomic mass is 16.5. The first-order valence-electron chi connectivity index (χ1n) is 7.07. The van der Waals surface area contributed by atoms with Gasteiger partial charge in [-0.05, 0) is 25.3 Å². The molecule has 1 amide bonds. The summed E-state index contributed by atoms with van der Waals surface area (Å²) in [5.74, 6) is 5.40. The fourth-order valence-corrected chi connectivity index (χ4v) is 2.41. The number of hydrazine groups is 1. The average Bonchev–Trinajstić information content (AvgIpc) is 2.52. The van der Waals surface area contributed by atoms with Gasteiger partial charge in [0.15, 0.2) is 0 Å². The molecule has 0 bridgehead atoms. The molecule has 6 nitrogen and oxygen atoms in total. The molecule has 1 fully saturated rings. The van der Waals surface area contributed by atoms with E-state index in [1.807, 2.05) is 4.90 Å². The lowest BCUT2D eigenvalue weighted by Crippen LogP contribution is -2.43. The number of pyridine rings is 1. The number of carbonyl (C=O) groups is 1. The van der Waals surface area contributed by atoms with Gasteiger partial charge in [-0.15, -0.1) is 0 Å². The Hall–Kier alpha value is -1.66. The first kappa shape index (κ1) is 14.7. The number of hydrogen-bond acceptors (Lipinski definition) is 5. The van der Waals surface area contributed by atoms with Crippen molar-refractivity contribution >= 4 is 11.6 Å². The Bertz CT molecular complexity index is 453. The number of anilines is 1. The highest BCUT2D eigenvalue weighted by Crippen LogP contribution is 2.19. The van der Waals surface area contributed by atoms with Crippen molar-refractivity contribution in [1.29, 1.82) is 0 Å². The molecule has 20 heavy (non-hydrogen) atoms. The second kappa shape index (κ2) is 7.21. The number of nitrogens with zero attached hydrogens (tertiary/aromatic N) is 2. The van der Waals surface area contributed by atoms with Crippen LogP contribution in [0.25, 0.3) is 0 Å². The Kier molecular flexibility index (Phi) is 5.31. The van der Waals surface area contributed by atoms with Crippen molar-refractivity contribution in [2.45, 2.75) is 32.3 Å². The fraction of sp³-hybridized carbons (Fsp3) is 0.571. The number of ether oxygens (including phenoxy) is 1. The van der Waals surface area contributed by atoms with Crippen molar-refractivity contribution < 1.29 is 9.53 Å². The van der Waals surface area contributed by atoms with E-state index in [0.717, 1.165) is 32.4 Å². The number of nitrogen functional groups attached to an aromatic ring is 1. The standard InChI is InChI=1S/C14H22N4O2/c1-2-8-20-11-4-3-7-18(10-11)14(19)12-5-6-16-9-13(12)17-15/h5-6,9,11,17H,2-4,7-8,10,15H2,1H3. The van der Waals surface area contributed by atoms with Crippen LogP contribution in [0.3, 0.4) is 0 Å². The summed E-state index contributed by atoms with van der Waals surface area (Å²) in [7, 11) is 0. The first-order chi connectivity index (χ1) is 9.76. The summed E-state index contributed by atoms with van der Waals surface area (Å²) in [6.07, 6.45) is 6.28. The van der Waals surface area contributed by atoms with E-state index in [1.54, 1.807) is 18.5 Å². The zero-order chi connectivity index (χ0) is 14.4. The molecule has 2 rings (SSSR count). The molecule has 110 valence electrons. The van der Waals surface area contributed by atoms with Crippen LogP contribution in [-0.4, -0.2) is 41.6 Å². The predicted octanol–water partition coefficient (Wildman–Crippen LogP) is 1.40. The number of piperidine rings is 1. The maximum absolute atomic E-state index is 12.5. The largest absolute Gasteiger partial charge is 0.376 e. The van der Waals surface area contributed by atoms with E-state index < -0.39 is 0 Å².